The fourth-order valence-corrected chi connectivity index (χ4v) is 2.31. The van der Waals surface area contributed by atoms with Gasteiger partial charge in [0.15, 0.2) is 5.58 Å². The van der Waals surface area contributed by atoms with E-state index in [0.29, 0.717) is 11.1 Å². The second-order valence-electron chi connectivity index (χ2n) is 5.21. The largest absolute Gasteiger partial charge is 0.417 e. The molecule has 2 aromatic rings. The van der Waals surface area contributed by atoms with E-state index >= 15 is 0 Å². The first-order chi connectivity index (χ1) is 8.62. The first-order valence-electron chi connectivity index (χ1n) is 6.07. The maximum Gasteiger partial charge on any atom is 0.417 e. The van der Waals surface area contributed by atoms with Gasteiger partial charge in [-0.05, 0) is 25.0 Å². The molecule has 5 nitrogen and oxygen atoms in total. The minimum absolute atomic E-state index is 0.0721. The predicted molar refractivity (Wildman–Crippen MR) is 68.9 cm³/mol. The maximum atomic E-state index is 11.1. The molecule has 3 rings (SSSR count). The van der Waals surface area contributed by atoms with Crippen LogP contribution in [0.1, 0.15) is 12.8 Å². The summed E-state index contributed by atoms with van der Waals surface area (Å²) in [5, 5.41) is 9.34. The maximum absolute atomic E-state index is 11.1. The molecule has 2 N–H and O–H groups in total. The zero-order valence-corrected chi connectivity index (χ0v) is 10.3. The molecule has 0 aliphatic heterocycles. The second-order valence-corrected chi connectivity index (χ2v) is 5.21. The number of nitrogens with zero attached hydrogens (tertiary/aromatic N) is 1. The van der Waals surface area contributed by atoms with Crippen molar-refractivity contribution in [3.8, 4) is 0 Å². The number of rotatable bonds is 4. The average Bonchev–Trinajstić information content (AvgIpc) is 3.01. The van der Waals surface area contributed by atoms with Gasteiger partial charge in [-0.25, -0.2) is 4.79 Å². The molecule has 1 aromatic heterocycles. The number of fused-ring (bicyclic) bond motifs is 1. The second kappa shape index (κ2) is 3.88. The van der Waals surface area contributed by atoms with Gasteiger partial charge in [0.1, 0.15) is 0 Å². The SMILES string of the molecule is CN(CC1(CO)CC1)c1ccc2[nH]c(=O)oc2c1. The van der Waals surface area contributed by atoms with Crippen LogP contribution in [0.5, 0.6) is 0 Å². The Morgan fingerprint density at radius 2 is 2.28 bits per heavy atom. The third-order valence-electron chi connectivity index (χ3n) is 3.71. The molecule has 0 bridgehead atoms. The smallest absolute Gasteiger partial charge is 0.408 e. The Morgan fingerprint density at radius 3 is 2.94 bits per heavy atom. The van der Waals surface area contributed by atoms with Gasteiger partial charge in [0, 0.05) is 30.8 Å². The van der Waals surface area contributed by atoms with Crippen molar-refractivity contribution in [3.05, 3.63) is 28.7 Å². The Labute approximate surface area is 104 Å². The van der Waals surface area contributed by atoms with E-state index in [1.54, 1.807) is 0 Å². The summed E-state index contributed by atoms with van der Waals surface area (Å²) in [6.45, 7) is 1.06. The number of benzene rings is 1. The van der Waals surface area contributed by atoms with Crippen molar-refractivity contribution < 1.29 is 9.52 Å². The van der Waals surface area contributed by atoms with Gasteiger partial charge < -0.3 is 14.4 Å². The summed E-state index contributed by atoms with van der Waals surface area (Å²) >= 11 is 0. The zero-order chi connectivity index (χ0) is 12.8. The molecule has 0 unspecified atom stereocenters. The first kappa shape index (κ1) is 11.3. The number of aliphatic hydroxyl groups excluding tert-OH is 1. The molecule has 0 atom stereocenters. The molecule has 1 saturated carbocycles. The van der Waals surface area contributed by atoms with E-state index in [1.165, 1.54) is 0 Å². The average molecular weight is 248 g/mol. The molecule has 1 heterocycles. The molecular formula is C13H16N2O3. The van der Waals surface area contributed by atoms with Crippen molar-refractivity contribution in [1.29, 1.82) is 0 Å². The van der Waals surface area contributed by atoms with Gasteiger partial charge in [-0.3, -0.25) is 4.98 Å². The summed E-state index contributed by atoms with van der Waals surface area (Å²) in [4.78, 5) is 15.8. The van der Waals surface area contributed by atoms with Gasteiger partial charge in [0.2, 0.25) is 0 Å². The molecule has 0 amide bonds. The standard InChI is InChI=1S/C13H16N2O3/c1-15(7-13(8-16)4-5-13)9-2-3-10-11(6-9)18-12(17)14-10/h2-3,6,16H,4-5,7-8H2,1H3,(H,14,17). The van der Waals surface area contributed by atoms with Gasteiger partial charge in [0.05, 0.1) is 12.1 Å². The van der Waals surface area contributed by atoms with Gasteiger partial charge in [-0.1, -0.05) is 0 Å². The van der Waals surface area contributed by atoms with Crippen LogP contribution in [0, 0.1) is 5.41 Å². The van der Waals surface area contributed by atoms with E-state index in [1.807, 2.05) is 25.2 Å². The lowest BCUT2D eigenvalue weighted by atomic mass is 10.1. The van der Waals surface area contributed by atoms with E-state index in [9.17, 15) is 9.90 Å². The van der Waals surface area contributed by atoms with Crippen molar-refractivity contribution >= 4 is 16.8 Å². The molecule has 18 heavy (non-hydrogen) atoms. The minimum atomic E-state index is -0.432. The quantitative estimate of drug-likeness (QED) is 0.856. The third-order valence-corrected chi connectivity index (χ3v) is 3.71. The fraction of sp³-hybridized carbons (Fsp3) is 0.462. The normalized spacial score (nSPS) is 17.0. The number of hydrogen-bond donors (Lipinski definition) is 2. The Kier molecular flexibility index (Phi) is 2.45. The Morgan fingerprint density at radius 1 is 1.50 bits per heavy atom. The Balaban J connectivity index is 1.86. The highest BCUT2D eigenvalue weighted by Crippen LogP contribution is 2.46. The number of aromatic nitrogens is 1. The summed E-state index contributed by atoms with van der Waals surface area (Å²) in [7, 11) is 1.99. The van der Waals surface area contributed by atoms with Crippen molar-refractivity contribution in [2.75, 3.05) is 25.1 Å². The highest BCUT2D eigenvalue weighted by atomic mass is 16.4. The monoisotopic (exact) mass is 248 g/mol. The summed E-state index contributed by atoms with van der Waals surface area (Å²) < 4.78 is 5.04. The molecule has 1 fully saturated rings. The van der Waals surface area contributed by atoms with Gasteiger partial charge in [0.25, 0.3) is 0 Å². The van der Waals surface area contributed by atoms with Crippen LogP contribution in [-0.2, 0) is 0 Å². The molecular weight excluding hydrogens is 232 g/mol. The molecule has 0 radical (unpaired) electrons. The minimum Gasteiger partial charge on any atom is -0.408 e. The number of aromatic amines is 1. The van der Waals surface area contributed by atoms with Crippen LogP contribution in [0.4, 0.5) is 5.69 Å². The number of oxazole rings is 1. The lowest BCUT2D eigenvalue weighted by Gasteiger charge is -2.24. The van der Waals surface area contributed by atoms with Gasteiger partial charge in [-0.15, -0.1) is 0 Å². The Bertz CT molecular complexity index is 624. The van der Waals surface area contributed by atoms with Crippen molar-refractivity contribution in [2.24, 2.45) is 5.41 Å². The molecule has 5 heteroatoms. The Hall–Kier alpha value is -1.75. The summed E-state index contributed by atoms with van der Waals surface area (Å²) in [5.74, 6) is -0.432. The third kappa shape index (κ3) is 1.90. The lowest BCUT2D eigenvalue weighted by molar-refractivity contribution is 0.215. The topological polar surface area (TPSA) is 69.5 Å². The van der Waals surface area contributed by atoms with E-state index in [2.05, 4.69) is 9.88 Å². The molecule has 1 aliphatic carbocycles. The first-order valence-corrected chi connectivity index (χ1v) is 6.07. The highest BCUT2D eigenvalue weighted by molar-refractivity contribution is 5.77. The van der Waals surface area contributed by atoms with E-state index < -0.39 is 5.76 Å². The number of H-pyrrole nitrogens is 1. The van der Waals surface area contributed by atoms with Crippen LogP contribution in [0.3, 0.4) is 0 Å². The number of anilines is 1. The molecule has 0 saturated heterocycles. The number of nitrogens with one attached hydrogen (secondary N) is 1. The van der Waals surface area contributed by atoms with Gasteiger partial charge in [-0.2, -0.15) is 0 Å². The molecule has 96 valence electrons. The van der Waals surface area contributed by atoms with E-state index in [0.717, 1.165) is 25.1 Å². The van der Waals surface area contributed by atoms with Crippen LogP contribution >= 0.6 is 0 Å². The molecule has 1 aromatic carbocycles. The van der Waals surface area contributed by atoms with Crippen LogP contribution in [0.25, 0.3) is 11.1 Å². The number of hydrogen-bond acceptors (Lipinski definition) is 4. The predicted octanol–water partition coefficient (Wildman–Crippen LogP) is 1.33. The lowest BCUT2D eigenvalue weighted by Crippen LogP contribution is -2.28. The van der Waals surface area contributed by atoms with Crippen molar-refractivity contribution in [2.45, 2.75) is 12.8 Å². The summed E-state index contributed by atoms with van der Waals surface area (Å²) in [6, 6.07) is 5.63. The zero-order valence-electron chi connectivity index (χ0n) is 10.3. The number of aliphatic hydroxyl groups is 1. The molecule has 1 aliphatic rings. The van der Waals surface area contributed by atoms with Gasteiger partial charge >= 0.3 is 5.76 Å². The van der Waals surface area contributed by atoms with Crippen LogP contribution < -0.4 is 10.7 Å². The van der Waals surface area contributed by atoms with Crippen molar-refractivity contribution in [3.63, 3.8) is 0 Å². The fourth-order valence-electron chi connectivity index (χ4n) is 2.31. The van der Waals surface area contributed by atoms with Crippen LogP contribution in [-0.4, -0.2) is 30.3 Å². The van der Waals surface area contributed by atoms with E-state index in [-0.39, 0.29) is 12.0 Å². The van der Waals surface area contributed by atoms with Crippen LogP contribution in [0.15, 0.2) is 27.4 Å². The van der Waals surface area contributed by atoms with Crippen molar-refractivity contribution in [1.82, 2.24) is 4.98 Å². The molecule has 0 spiro atoms. The highest BCUT2D eigenvalue weighted by Gasteiger charge is 2.42. The summed E-state index contributed by atoms with van der Waals surface area (Å²) in [5.41, 5.74) is 2.34. The van der Waals surface area contributed by atoms with E-state index in [4.69, 9.17) is 4.42 Å². The van der Waals surface area contributed by atoms with Crippen LogP contribution in [0.2, 0.25) is 0 Å². The summed E-state index contributed by atoms with van der Waals surface area (Å²) in [6.07, 6.45) is 2.16.